The van der Waals surface area contributed by atoms with Crippen molar-refractivity contribution in [2.75, 3.05) is 12.3 Å². The predicted octanol–water partition coefficient (Wildman–Crippen LogP) is 5.91. The van der Waals surface area contributed by atoms with Gasteiger partial charge in [0.25, 0.3) is 0 Å². The second-order valence-electron chi connectivity index (χ2n) is 10.3. The minimum atomic E-state index is -0.0950. The normalized spacial score (nSPS) is 18.6. The van der Waals surface area contributed by atoms with Gasteiger partial charge in [0, 0.05) is 5.92 Å². The van der Waals surface area contributed by atoms with Crippen LogP contribution in [-0.4, -0.2) is 32.2 Å². The van der Waals surface area contributed by atoms with Crippen molar-refractivity contribution in [2.24, 2.45) is 5.92 Å². The lowest BCUT2D eigenvalue weighted by Gasteiger charge is -2.21. The summed E-state index contributed by atoms with van der Waals surface area (Å²) in [4.78, 5) is 13.5. The van der Waals surface area contributed by atoms with E-state index in [4.69, 9.17) is 19.9 Å². The molecule has 1 saturated carbocycles. The van der Waals surface area contributed by atoms with E-state index >= 15 is 0 Å². The molecule has 41 heavy (non-hydrogen) atoms. The van der Waals surface area contributed by atoms with Gasteiger partial charge in [-0.3, -0.25) is 0 Å². The fourth-order valence-corrected chi connectivity index (χ4v) is 5.33. The molecule has 2 heterocycles. The molecular formula is C33H33N5O3. The van der Waals surface area contributed by atoms with Crippen molar-refractivity contribution in [3.8, 4) is 5.88 Å². The van der Waals surface area contributed by atoms with Crippen molar-refractivity contribution in [1.29, 1.82) is 0 Å². The molecule has 1 aliphatic carbocycles. The van der Waals surface area contributed by atoms with Crippen molar-refractivity contribution in [1.82, 2.24) is 19.5 Å². The maximum Gasteiger partial charge on any atom is 0.247 e. The molecule has 5 aromatic rings. The third-order valence-electron chi connectivity index (χ3n) is 7.49. The number of nitrogens with zero attached hydrogens (tertiary/aromatic N) is 4. The van der Waals surface area contributed by atoms with Crippen molar-refractivity contribution < 1.29 is 14.2 Å². The summed E-state index contributed by atoms with van der Waals surface area (Å²) in [7, 11) is 0. The summed E-state index contributed by atoms with van der Waals surface area (Å²) < 4.78 is 20.7. The fourth-order valence-electron chi connectivity index (χ4n) is 5.33. The minimum Gasteiger partial charge on any atom is -0.471 e. The Bertz CT molecular complexity index is 1590. The van der Waals surface area contributed by atoms with E-state index < -0.39 is 0 Å². The number of fused-ring (bicyclic) bond motifs is 1. The second kappa shape index (κ2) is 12.3. The van der Waals surface area contributed by atoms with Gasteiger partial charge in [-0.25, -0.2) is 4.98 Å². The molecule has 3 unspecified atom stereocenters. The molecule has 6 rings (SSSR count). The van der Waals surface area contributed by atoms with Crippen molar-refractivity contribution >= 4 is 17.1 Å². The van der Waals surface area contributed by atoms with Crippen LogP contribution in [0.2, 0.25) is 0 Å². The zero-order chi connectivity index (χ0) is 28.0. The summed E-state index contributed by atoms with van der Waals surface area (Å²) >= 11 is 0. The molecule has 208 valence electrons. The molecule has 0 aliphatic heterocycles. The Morgan fingerprint density at radius 2 is 1.41 bits per heavy atom. The van der Waals surface area contributed by atoms with Crippen LogP contribution in [-0.2, 0) is 29.3 Å². The van der Waals surface area contributed by atoms with Gasteiger partial charge in [0.2, 0.25) is 11.8 Å². The van der Waals surface area contributed by atoms with E-state index in [0.29, 0.717) is 49.9 Å². The molecule has 0 spiro atoms. The summed E-state index contributed by atoms with van der Waals surface area (Å²) in [6.07, 6.45) is 2.39. The summed E-state index contributed by atoms with van der Waals surface area (Å²) in [5.74, 6) is 0.488. The highest BCUT2D eigenvalue weighted by Crippen LogP contribution is 2.43. The number of benzene rings is 3. The summed E-state index contributed by atoms with van der Waals surface area (Å²) in [6.45, 7) is 6.41. The number of hydrogen-bond acceptors (Lipinski definition) is 7. The van der Waals surface area contributed by atoms with E-state index in [-0.39, 0.29) is 24.0 Å². The van der Waals surface area contributed by atoms with Crippen LogP contribution < -0.4 is 10.5 Å². The molecule has 2 aromatic heterocycles. The van der Waals surface area contributed by atoms with E-state index in [1.807, 2.05) is 71.3 Å². The van der Waals surface area contributed by atoms with Gasteiger partial charge in [-0.15, -0.1) is 0 Å². The molecule has 0 radical (unpaired) electrons. The number of nitrogens with two attached hydrogens (primary N) is 1. The van der Waals surface area contributed by atoms with Gasteiger partial charge >= 0.3 is 0 Å². The Balaban J connectivity index is 1.23. The SMILES string of the molecule is C=C1C(COCc2ccccc2)C(OCc2ccccc2)CC1n1cnc2c(OCc3ccccc3)nc(N)nc21. The molecule has 0 bridgehead atoms. The third kappa shape index (κ3) is 6.14. The van der Waals surface area contributed by atoms with Crippen LogP contribution in [0.3, 0.4) is 0 Å². The largest absolute Gasteiger partial charge is 0.471 e. The van der Waals surface area contributed by atoms with Crippen molar-refractivity contribution in [3.63, 3.8) is 0 Å². The summed E-state index contributed by atoms with van der Waals surface area (Å²) in [6, 6.07) is 30.2. The highest BCUT2D eigenvalue weighted by molar-refractivity contribution is 5.78. The van der Waals surface area contributed by atoms with Crippen LogP contribution in [0.5, 0.6) is 5.88 Å². The molecular weight excluding hydrogens is 514 g/mol. The smallest absolute Gasteiger partial charge is 0.247 e. The maximum absolute atomic E-state index is 6.49. The van der Waals surface area contributed by atoms with E-state index in [1.54, 1.807) is 6.33 Å². The summed E-state index contributed by atoms with van der Waals surface area (Å²) in [5.41, 5.74) is 11.6. The first kappa shape index (κ1) is 26.7. The molecule has 0 amide bonds. The fraction of sp³-hybridized carbons (Fsp3) is 0.242. The molecule has 0 saturated heterocycles. The maximum atomic E-state index is 6.49. The molecule has 1 aliphatic rings. The average molecular weight is 548 g/mol. The average Bonchev–Trinajstić information content (AvgIpc) is 3.56. The lowest BCUT2D eigenvalue weighted by atomic mass is 10.0. The van der Waals surface area contributed by atoms with Crippen LogP contribution in [0.1, 0.15) is 29.2 Å². The second-order valence-corrected chi connectivity index (χ2v) is 10.3. The first-order chi connectivity index (χ1) is 20.2. The Morgan fingerprint density at radius 3 is 2.07 bits per heavy atom. The first-order valence-electron chi connectivity index (χ1n) is 13.8. The Labute approximate surface area is 239 Å². The van der Waals surface area contributed by atoms with Gasteiger partial charge in [-0.1, -0.05) is 97.6 Å². The van der Waals surface area contributed by atoms with Gasteiger partial charge in [0.15, 0.2) is 11.2 Å². The predicted molar refractivity (Wildman–Crippen MR) is 158 cm³/mol. The topological polar surface area (TPSA) is 97.3 Å². The zero-order valence-corrected chi connectivity index (χ0v) is 22.8. The van der Waals surface area contributed by atoms with E-state index in [9.17, 15) is 0 Å². The van der Waals surface area contributed by atoms with Crippen LogP contribution in [0.15, 0.2) is 109 Å². The number of imidazole rings is 1. The van der Waals surface area contributed by atoms with Crippen molar-refractivity contribution in [3.05, 3.63) is 126 Å². The quantitative estimate of drug-likeness (QED) is 0.205. The number of nitrogen functional groups attached to an aromatic ring is 1. The van der Waals surface area contributed by atoms with Gasteiger partial charge in [-0.2, -0.15) is 9.97 Å². The number of ether oxygens (including phenoxy) is 3. The summed E-state index contributed by atoms with van der Waals surface area (Å²) in [5, 5.41) is 0. The monoisotopic (exact) mass is 547 g/mol. The minimum absolute atomic E-state index is 0.00198. The number of hydrogen-bond donors (Lipinski definition) is 1. The van der Waals surface area contributed by atoms with Crippen LogP contribution in [0, 0.1) is 5.92 Å². The molecule has 8 nitrogen and oxygen atoms in total. The molecule has 3 aromatic carbocycles. The standard InChI is InChI=1S/C33H33N5O3/c1-23-27(21-39-18-24-11-5-2-6-12-24)29(40-19-25-13-7-3-8-14-25)17-28(23)38-22-35-30-31(38)36-33(34)37-32(30)41-20-26-15-9-4-10-16-26/h2-16,22,27-29H,1,17-21H2,(H2,34,36,37). The highest BCUT2D eigenvalue weighted by atomic mass is 16.5. The van der Waals surface area contributed by atoms with E-state index in [0.717, 1.165) is 22.3 Å². The highest BCUT2D eigenvalue weighted by Gasteiger charge is 2.40. The first-order valence-corrected chi connectivity index (χ1v) is 13.8. The van der Waals surface area contributed by atoms with Crippen molar-refractivity contribution in [2.45, 2.75) is 38.4 Å². The number of anilines is 1. The molecule has 1 fully saturated rings. The van der Waals surface area contributed by atoms with Gasteiger partial charge < -0.3 is 24.5 Å². The molecule has 3 atom stereocenters. The molecule has 8 heteroatoms. The Kier molecular flexibility index (Phi) is 8.02. The Hall–Kier alpha value is -4.53. The lowest BCUT2D eigenvalue weighted by molar-refractivity contribution is -0.0122. The van der Waals surface area contributed by atoms with Crippen LogP contribution >= 0.6 is 0 Å². The van der Waals surface area contributed by atoms with E-state index in [2.05, 4.69) is 45.8 Å². The zero-order valence-electron chi connectivity index (χ0n) is 22.8. The van der Waals surface area contributed by atoms with Crippen LogP contribution in [0.4, 0.5) is 5.95 Å². The van der Waals surface area contributed by atoms with Gasteiger partial charge in [0.05, 0.1) is 38.3 Å². The van der Waals surface area contributed by atoms with Gasteiger partial charge in [-0.05, 0) is 28.7 Å². The third-order valence-corrected chi connectivity index (χ3v) is 7.49. The van der Waals surface area contributed by atoms with Gasteiger partial charge in [0.1, 0.15) is 6.61 Å². The Morgan fingerprint density at radius 1 is 0.805 bits per heavy atom. The molecule has 2 N–H and O–H groups in total. The lowest BCUT2D eigenvalue weighted by Crippen LogP contribution is -2.23. The number of rotatable bonds is 11. The van der Waals surface area contributed by atoms with Crippen LogP contribution in [0.25, 0.3) is 11.2 Å². The van der Waals surface area contributed by atoms with E-state index in [1.165, 1.54) is 0 Å². The number of aromatic nitrogens is 4.